The largest absolute Gasteiger partial charge is 0.339 e. The molecule has 2 aromatic heterocycles. The van der Waals surface area contributed by atoms with E-state index in [0.717, 1.165) is 37.4 Å². The molecule has 0 radical (unpaired) electrons. The number of hydrogen-bond acceptors (Lipinski definition) is 7. The second-order valence-electron chi connectivity index (χ2n) is 5.75. The van der Waals surface area contributed by atoms with E-state index < -0.39 is 9.84 Å². The smallest absolute Gasteiger partial charge is 0.231 e. The molecule has 22 heavy (non-hydrogen) atoms. The molecule has 8 heteroatoms. The minimum absolute atomic E-state index is 0.268. The van der Waals surface area contributed by atoms with Crippen LogP contribution in [-0.4, -0.2) is 42.8 Å². The molecule has 1 unspecified atom stereocenters. The van der Waals surface area contributed by atoms with Crippen LogP contribution in [0.3, 0.4) is 0 Å². The zero-order valence-corrected chi connectivity index (χ0v) is 14.3. The van der Waals surface area contributed by atoms with Gasteiger partial charge in [-0.2, -0.15) is 4.98 Å². The Morgan fingerprint density at radius 2 is 2.27 bits per heavy atom. The molecule has 6 nitrogen and oxygen atoms in total. The number of rotatable bonds is 4. The lowest BCUT2D eigenvalue weighted by Crippen LogP contribution is -2.33. The fraction of sp³-hybridized carbons (Fsp3) is 0.571. The van der Waals surface area contributed by atoms with Crippen LogP contribution in [0.5, 0.6) is 0 Å². The molecule has 0 bridgehead atoms. The summed E-state index contributed by atoms with van der Waals surface area (Å²) in [6, 6.07) is 3.60. The SMILES string of the molecule is Cc1noc(C2CCCN(Cc3ccc(S(C)(=O)=O)s3)C2)n1. The summed E-state index contributed by atoms with van der Waals surface area (Å²) >= 11 is 1.35. The van der Waals surface area contributed by atoms with E-state index in [4.69, 9.17) is 4.52 Å². The normalized spacial score (nSPS) is 20.4. The van der Waals surface area contributed by atoms with E-state index in [1.807, 2.05) is 13.0 Å². The molecule has 0 N–H and O–H groups in total. The predicted octanol–water partition coefficient (Wildman–Crippen LogP) is 2.22. The van der Waals surface area contributed by atoms with E-state index in [-0.39, 0.29) is 5.92 Å². The number of hydrogen-bond donors (Lipinski definition) is 0. The van der Waals surface area contributed by atoms with E-state index in [2.05, 4.69) is 15.0 Å². The topological polar surface area (TPSA) is 76.3 Å². The van der Waals surface area contributed by atoms with Crippen molar-refractivity contribution in [3.63, 3.8) is 0 Å². The van der Waals surface area contributed by atoms with E-state index in [9.17, 15) is 8.42 Å². The minimum atomic E-state index is -3.11. The summed E-state index contributed by atoms with van der Waals surface area (Å²) < 4.78 is 28.8. The van der Waals surface area contributed by atoms with Crippen molar-refractivity contribution in [3.05, 3.63) is 28.7 Å². The Bertz CT molecular complexity index is 751. The Balaban J connectivity index is 1.66. The zero-order chi connectivity index (χ0) is 15.7. The summed E-state index contributed by atoms with van der Waals surface area (Å²) in [4.78, 5) is 7.73. The molecule has 0 amide bonds. The first-order valence-corrected chi connectivity index (χ1v) is 9.94. The van der Waals surface area contributed by atoms with Gasteiger partial charge in [0.05, 0.1) is 5.92 Å². The summed E-state index contributed by atoms with van der Waals surface area (Å²) in [5.74, 6) is 1.65. The quantitative estimate of drug-likeness (QED) is 0.849. The maximum Gasteiger partial charge on any atom is 0.231 e. The Morgan fingerprint density at radius 1 is 1.45 bits per heavy atom. The van der Waals surface area contributed by atoms with E-state index >= 15 is 0 Å². The fourth-order valence-corrected chi connectivity index (χ4v) is 4.76. The second kappa shape index (κ2) is 6.10. The highest BCUT2D eigenvalue weighted by atomic mass is 32.2. The summed E-state index contributed by atoms with van der Waals surface area (Å²) in [6.07, 6.45) is 3.38. The fourth-order valence-electron chi connectivity index (χ4n) is 2.74. The van der Waals surface area contributed by atoms with Gasteiger partial charge in [0.1, 0.15) is 4.21 Å². The van der Waals surface area contributed by atoms with Gasteiger partial charge >= 0.3 is 0 Å². The number of aryl methyl sites for hydroxylation is 1. The van der Waals surface area contributed by atoms with Gasteiger partial charge in [0.2, 0.25) is 5.89 Å². The Labute approximate surface area is 134 Å². The molecule has 120 valence electrons. The molecule has 1 fully saturated rings. The number of piperidine rings is 1. The van der Waals surface area contributed by atoms with Gasteiger partial charge in [0.25, 0.3) is 0 Å². The summed E-state index contributed by atoms with van der Waals surface area (Å²) in [5.41, 5.74) is 0. The highest BCUT2D eigenvalue weighted by Gasteiger charge is 2.26. The number of likely N-dealkylation sites (tertiary alicyclic amines) is 1. The molecule has 1 aliphatic rings. The molecular weight excluding hydrogens is 322 g/mol. The first-order chi connectivity index (χ1) is 10.4. The molecule has 1 saturated heterocycles. The van der Waals surface area contributed by atoms with E-state index in [1.54, 1.807) is 6.07 Å². The van der Waals surface area contributed by atoms with Crippen molar-refractivity contribution < 1.29 is 12.9 Å². The lowest BCUT2D eigenvalue weighted by Gasteiger charge is -2.30. The zero-order valence-electron chi connectivity index (χ0n) is 12.7. The third-order valence-electron chi connectivity index (χ3n) is 3.78. The number of aromatic nitrogens is 2. The van der Waals surface area contributed by atoms with Crippen molar-refractivity contribution in [3.8, 4) is 0 Å². The molecule has 0 aromatic carbocycles. The second-order valence-corrected chi connectivity index (χ2v) is 9.16. The van der Waals surface area contributed by atoms with Gasteiger partial charge in [-0.15, -0.1) is 11.3 Å². The highest BCUT2D eigenvalue weighted by Crippen LogP contribution is 2.28. The van der Waals surface area contributed by atoms with Crippen LogP contribution in [0.1, 0.15) is 35.4 Å². The van der Waals surface area contributed by atoms with Gasteiger partial charge in [0.15, 0.2) is 15.7 Å². The Kier molecular flexibility index (Phi) is 4.33. The molecular formula is C14H19N3O3S2. The lowest BCUT2D eigenvalue weighted by atomic mass is 9.98. The van der Waals surface area contributed by atoms with Crippen LogP contribution < -0.4 is 0 Å². The van der Waals surface area contributed by atoms with Crippen LogP contribution in [0.15, 0.2) is 20.9 Å². The van der Waals surface area contributed by atoms with Crippen molar-refractivity contribution in [2.75, 3.05) is 19.3 Å². The summed E-state index contributed by atoms with van der Waals surface area (Å²) in [7, 11) is -3.11. The van der Waals surface area contributed by atoms with Crippen LogP contribution in [0, 0.1) is 6.92 Å². The standard InChI is InChI=1S/C14H19N3O3S2/c1-10-15-14(20-16-10)11-4-3-7-17(8-11)9-12-5-6-13(21-12)22(2,18)19/h5-6,11H,3-4,7-9H2,1-2H3. The van der Waals surface area contributed by atoms with Crippen LogP contribution in [0.2, 0.25) is 0 Å². The first kappa shape index (κ1) is 15.6. The average molecular weight is 341 g/mol. The molecule has 2 aromatic rings. The Hall–Kier alpha value is -1.25. The maximum absolute atomic E-state index is 11.5. The molecule has 3 rings (SSSR count). The molecule has 1 atom stereocenters. The van der Waals surface area contributed by atoms with Gasteiger partial charge in [-0.05, 0) is 38.4 Å². The highest BCUT2D eigenvalue weighted by molar-refractivity contribution is 7.92. The molecule has 1 aliphatic heterocycles. The van der Waals surface area contributed by atoms with Gasteiger partial charge in [-0.25, -0.2) is 8.42 Å². The van der Waals surface area contributed by atoms with Crippen molar-refractivity contribution in [1.29, 1.82) is 0 Å². The maximum atomic E-state index is 11.5. The summed E-state index contributed by atoms with van der Waals surface area (Å²) in [6.45, 7) is 4.47. The van der Waals surface area contributed by atoms with E-state index in [0.29, 0.717) is 15.9 Å². The third kappa shape index (κ3) is 3.56. The predicted molar refractivity (Wildman–Crippen MR) is 83.7 cm³/mol. The first-order valence-electron chi connectivity index (χ1n) is 7.23. The van der Waals surface area contributed by atoms with Crippen LogP contribution in [-0.2, 0) is 16.4 Å². The lowest BCUT2D eigenvalue weighted by molar-refractivity contribution is 0.181. The van der Waals surface area contributed by atoms with Gasteiger partial charge < -0.3 is 4.52 Å². The van der Waals surface area contributed by atoms with Gasteiger partial charge in [0, 0.05) is 24.2 Å². The van der Waals surface area contributed by atoms with Crippen LogP contribution in [0.4, 0.5) is 0 Å². The van der Waals surface area contributed by atoms with E-state index in [1.165, 1.54) is 17.6 Å². The molecule has 0 spiro atoms. The van der Waals surface area contributed by atoms with Crippen molar-refractivity contribution >= 4 is 21.2 Å². The monoisotopic (exact) mass is 341 g/mol. The summed E-state index contributed by atoms with van der Waals surface area (Å²) in [5, 5.41) is 3.86. The minimum Gasteiger partial charge on any atom is -0.339 e. The van der Waals surface area contributed by atoms with Crippen LogP contribution >= 0.6 is 11.3 Å². The van der Waals surface area contributed by atoms with Gasteiger partial charge in [-0.3, -0.25) is 4.90 Å². The molecule has 3 heterocycles. The van der Waals surface area contributed by atoms with Crippen LogP contribution in [0.25, 0.3) is 0 Å². The van der Waals surface area contributed by atoms with Crippen molar-refractivity contribution in [2.45, 2.75) is 36.4 Å². The van der Waals surface area contributed by atoms with Crippen molar-refractivity contribution in [1.82, 2.24) is 15.0 Å². The Morgan fingerprint density at radius 3 is 2.91 bits per heavy atom. The number of thiophene rings is 1. The van der Waals surface area contributed by atoms with Crippen molar-refractivity contribution in [2.24, 2.45) is 0 Å². The van der Waals surface area contributed by atoms with Gasteiger partial charge in [-0.1, -0.05) is 5.16 Å². The third-order valence-corrected chi connectivity index (χ3v) is 6.67. The number of sulfone groups is 1. The number of nitrogens with zero attached hydrogens (tertiary/aromatic N) is 3. The molecule has 0 saturated carbocycles. The average Bonchev–Trinajstić information content (AvgIpc) is 3.08. The molecule has 0 aliphatic carbocycles.